The molecular formula is C35H42FN3O6. The van der Waals surface area contributed by atoms with Crippen molar-refractivity contribution >= 4 is 23.7 Å². The molecule has 1 saturated carbocycles. The molecule has 1 fully saturated rings. The zero-order valence-corrected chi connectivity index (χ0v) is 26.3. The summed E-state index contributed by atoms with van der Waals surface area (Å²) in [6.07, 6.45) is 5.20. The van der Waals surface area contributed by atoms with Crippen LogP contribution in [0.25, 0.3) is 5.69 Å². The number of hydrogen-bond acceptors (Lipinski definition) is 6. The first-order chi connectivity index (χ1) is 21.2. The zero-order valence-electron chi connectivity index (χ0n) is 26.3. The van der Waals surface area contributed by atoms with Gasteiger partial charge in [0.1, 0.15) is 23.3 Å². The van der Waals surface area contributed by atoms with E-state index in [0.29, 0.717) is 23.6 Å². The van der Waals surface area contributed by atoms with E-state index >= 15 is 0 Å². The summed E-state index contributed by atoms with van der Waals surface area (Å²) in [5.74, 6) is -1.45. The fourth-order valence-electron chi connectivity index (χ4n) is 5.99. The topological polar surface area (TPSA) is 132 Å². The number of rotatable bonds is 11. The molecule has 0 spiro atoms. The molecule has 1 heterocycles. The SMILES string of the molecule is CC(CC1CCCC1)CC(C(=O)O)N(Cc1ccc(-n2c(N)c(C(=O)c3ccc(F)cc3)ccc2=O)cc1)C(=O)OC(C)(C)C. The number of ketones is 1. The number of amides is 1. The van der Waals surface area contributed by atoms with Crippen molar-refractivity contribution in [2.75, 3.05) is 5.73 Å². The van der Waals surface area contributed by atoms with E-state index in [-0.39, 0.29) is 29.4 Å². The van der Waals surface area contributed by atoms with Crippen molar-refractivity contribution in [2.45, 2.75) is 84.4 Å². The summed E-state index contributed by atoms with van der Waals surface area (Å²) in [7, 11) is 0. The molecular weight excluding hydrogens is 577 g/mol. The van der Waals surface area contributed by atoms with E-state index in [1.165, 1.54) is 58.7 Å². The number of carboxylic acid groups (broad SMARTS) is 1. The van der Waals surface area contributed by atoms with Gasteiger partial charge in [-0.05, 0) is 93.5 Å². The van der Waals surface area contributed by atoms with E-state index in [1.54, 1.807) is 45.0 Å². The molecule has 10 heteroatoms. The van der Waals surface area contributed by atoms with Gasteiger partial charge in [0.15, 0.2) is 5.78 Å². The van der Waals surface area contributed by atoms with Crippen LogP contribution in [0.1, 0.15) is 87.7 Å². The molecule has 0 bridgehead atoms. The average molecular weight is 620 g/mol. The highest BCUT2D eigenvalue weighted by atomic mass is 19.1. The van der Waals surface area contributed by atoms with E-state index < -0.39 is 40.9 Å². The van der Waals surface area contributed by atoms with Gasteiger partial charge in [0.2, 0.25) is 0 Å². The van der Waals surface area contributed by atoms with Crippen molar-refractivity contribution in [3.63, 3.8) is 0 Å². The Morgan fingerprint density at radius 2 is 1.64 bits per heavy atom. The van der Waals surface area contributed by atoms with Crippen LogP contribution in [-0.4, -0.2) is 44.1 Å². The Morgan fingerprint density at radius 1 is 1.02 bits per heavy atom. The minimum Gasteiger partial charge on any atom is -0.480 e. The van der Waals surface area contributed by atoms with Gasteiger partial charge < -0.3 is 15.6 Å². The van der Waals surface area contributed by atoms with Gasteiger partial charge in [0.05, 0.1) is 11.3 Å². The predicted molar refractivity (Wildman–Crippen MR) is 170 cm³/mol. The molecule has 2 atom stereocenters. The Kier molecular flexibility index (Phi) is 10.5. The van der Waals surface area contributed by atoms with Crippen LogP contribution in [0.2, 0.25) is 0 Å². The second kappa shape index (κ2) is 14.1. The number of carbonyl (C=O) groups is 3. The summed E-state index contributed by atoms with van der Waals surface area (Å²) in [5, 5.41) is 10.3. The fourth-order valence-corrected chi connectivity index (χ4v) is 5.99. The Labute approximate surface area is 262 Å². The highest BCUT2D eigenvalue weighted by Gasteiger charge is 2.35. The van der Waals surface area contributed by atoms with Crippen LogP contribution in [0, 0.1) is 17.7 Å². The van der Waals surface area contributed by atoms with E-state index in [9.17, 15) is 28.7 Å². The lowest BCUT2D eigenvalue weighted by atomic mass is 9.89. The number of aliphatic carboxylic acids is 1. The number of carbonyl (C=O) groups excluding carboxylic acids is 2. The lowest BCUT2D eigenvalue weighted by Crippen LogP contribution is -2.47. The van der Waals surface area contributed by atoms with Gasteiger partial charge in [-0.2, -0.15) is 0 Å². The van der Waals surface area contributed by atoms with Gasteiger partial charge in [-0.3, -0.25) is 19.1 Å². The standard InChI is InChI=1S/C35H42FN3O6/c1-22(19-23-7-5-6-8-23)20-29(33(42)43)38(34(44)45-35(2,3)4)21-24-9-15-27(16-10-24)39-30(40)18-17-28(32(39)37)31(41)25-11-13-26(36)14-12-25/h9-18,22-23,29H,5-8,19-21,37H2,1-4H3,(H,42,43). The van der Waals surface area contributed by atoms with Gasteiger partial charge in [-0.15, -0.1) is 0 Å². The monoisotopic (exact) mass is 619 g/mol. The maximum absolute atomic E-state index is 13.4. The second-order valence-corrected chi connectivity index (χ2v) is 13.0. The molecule has 1 amide bonds. The van der Waals surface area contributed by atoms with Crippen LogP contribution in [0.4, 0.5) is 15.0 Å². The molecule has 1 aliphatic carbocycles. The number of nitrogens with two attached hydrogens (primary N) is 1. The van der Waals surface area contributed by atoms with Crippen molar-refractivity contribution in [3.8, 4) is 5.69 Å². The van der Waals surface area contributed by atoms with Crippen LogP contribution in [0.5, 0.6) is 0 Å². The highest BCUT2D eigenvalue weighted by molar-refractivity contribution is 6.11. The maximum Gasteiger partial charge on any atom is 0.411 e. The van der Waals surface area contributed by atoms with Crippen LogP contribution in [0.3, 0.4) is 0 Å². The van der Waals surface area contributed by atoms with Crippen molar-refractivity contribution in [2.24, 2.45) is 11.8 Å². The summed E-state index contributed by atoms with van der Waals surface area (Å²) < 4.78 is 20.2. The number of hydrogen-bond donors (Lipinski definition) is 2. The summed E-state index contributed by atoms with van der Waals surface area (Å²) in [4.78, 5) is 53.1. The average Bonchev–Trinajstić information content (AvgIpc) is 3.47. The molecule has 9 nitrogen and oxygen atoms in total. The largest absolute Gasteiger partial charge is 0.480 e. The predicted octanol–water partition coefficient (Wildman–Crippen LogP) is 6.59. The second-order valence-electron chi connectivity index (χ2n) is 13.0. The lowest BCUT2D eigenvalue weighted by Gasteiger charge is -2.33. The normalized spacial score (nSPS) is 15.0. The summed E-state index contributed by atoms with van der Waals surface area (Å²) >= 11 is 0. The highest BCUT2D eigenvalue weighted by Crippen LogP contribution is 2.32. The first-order valence-electron chi connectivity index (χ1n) is 15.4. The lowest BCUT2D eigenvalue weighted by molar-refractivity contribution is -0.144. The minimum absolute atomic E-state index is 0.0320. The third-order valence-electron chi connectivity index (χ3n) is 8.15. The molecule has 2 unspecified atom stereocenters. The maximum atomic E-state index is 13.4. The molecule has 0 radical (unpaired) electrons. The number of nitrogen functional groups attached to an aromatic ring is 1. The summed E-state index contributed by atoms with van der Waals surface area (Å²) in [6.45, 7) is 7.19. The van der Waals surface area contributed by atoms with Gasteiger partial charge in [-0.1, -0.05) is 44.7 Å². The van der Waals surface area contributed by atoms with Crippen molar-refractivity contribution in [3.05, 3.63) is 93.5 Å². The molecule has 2 aromatic carbocycles. The van der Waals surface area contributed by atoms with Crippen LogP contribution in [-0.2, 0) is 16.1 Å². The Morgan fingerprint density at radius 3 is 2.22 bits per heavy atom. The van der Waals surface area contributed by atoms with Gasteiger partial charge in [0.25, 0.3) is 5.56 Å². The molecule has 1 aliphatic rings. The van der Waals surface area contributed by atoms with E-state index in [1.807, 2.05) is 6.92 Å². The molecule has 0 aliphatic heterocycles. The number of halogens is 1. The smallest absolute Gasteiger partial charge is 0.411 e. The number of aromatic nitrogens is 1. The van der Waals surface area contributed by atoms with E-state index in [4.69, 9.17) is 10.5 Å². The first-order valence-corrected chi connectivity index (χ1v) is 15.4. The number of carboxylic acids is 1. The number of benzene rings is 2. The summed E-state index contributed by atoms with van der Waals surface area (Å²) in [5.41, 5.74) is 6.31. The summed E-state index contributed by atoms with van der Waals surface area (Å²) in [6, 6.07) is 13.1. The quantitative estimate of drug-likeness (QED) is 0.232. The van der Waals surface area contributed by atoms with Crippen molar-refractivity contribution in [1.29, 1.82) is 0 Å². The molecule has 0 saturated heterocycles. The molecule has 240 valence electrons. The third-order valence-corrected chi connectivity index (χ3v) is 8.15. The van der Waals surface area contributed by atoms with Gasteiger partial charge in [0, 0.05) is 18.2 Å². The molecule has 4 rings (SSSR count). The molecule has 45 heavy (non-hydrogen) atoms. The number of pyridine rings is 1. The molecule has 3 N–H and O–H groups in total. The molecule has 3 aromatic rings. The van der Waals surface area contributed by atoms with Gasteiger partial charge >= 0.3 is 12.1 Å². The zero-order chi connectivity index (χ0) is 32.9. The Hall–Kier alpha value is -4.47. The van der Waals surface area contributed by atoms with Crippen molar-refractivity contribution in [1.82, 2.24) is 9.47 Å². The van der Waals surface area contributed by atoms with E-state index in [0.717, 1.165) is 19.3 Å². The van der Waals surface area contributed by atoms with Gasteiger partial charge in [-0.25, -0.2) is 14.0 Å². The Balaban J connectivity index is 1.60. The Bertz CT molecular complexity index is 1570. The van der Waals surface area contributed by atoms with Crippen LogP contribution >= 0.6 is 0 Å². The number of anilines is 1. The molecule has 1 aromatic heterocycles. The van der Waals surface area contributed by atoms with Crippen molar-refractivity contribution < 1.29 is 28.6 Å². The number of ether oxygens (including phenoxy) is 1. The van der Waals surface area contributed by atoms with Crippen LogP contribution in [0.15, 0.2) is 65.5 Å². The number of nitrogens with zero attached hydrogens (tertiary/aromatic N) is 2. The minimum atomic E-state index is -1.10. The first kappa shape index (κ1) is 33.4. The van der Waals surface area contributed by atoms with E-state index in [2.05, 4.69) is 0 Å². The third kappa shape index (κ3) is 8.59. The van der Waals surface area contributed by atoms with Crippen LogP contribution < -0.4 is 11.3 Å². The fraction of sp³-hybridized carbons (Fsp3) is 0.429.